The third-order valence-corrected chi connectivity index (χ3v) is 4.55. The number of nitrogens with zero attached hydrogens (tertiary/aromatic N) is 2. The fraction of sp³-hybridized carbons (Fsp3) is 0.167. The van der Waals surface area contributed by atoms with Gasteiger partial charge in [-0.2, -0.15) is 10.1 Å². The predicted octanol–water partition coefficient (Wildman–Crippen LogP) is 3.53. The molecule has 8 heteroatoms. The van der Waals surface area contributed by atoms with E-state index in [1.165, 1.54) is 0 Å². The predicted molar refractivity (Wildman–Crippen MR) is 97.3 cm³/mol. The third-order valence-electron chi connectivity index (χ3n) is 4.22. The first-order valence-electron chi connectivity index (χ1n) is 8.02. The summed E-state index contributed by atoms with van der Waals surface area (Å²) < 4.78 is 5.09. The summed E-state index contributed by atoms with van der Waals surface area (Å²) in [6, 6.07) is 5.79. The highest BCUT2D eigenvalue weighted by atomic mass is 35.5. The maximum Gasteiger partial charge on any atom is 0.341 e. The van der Waals surface area contributed by atoms with Crippen LogP contribution in [0.2, 0.25) is 5.02 Å². The molecule has 1 aliphatic rings. The van der Waals surface area contributed by atoms with Gasteiger partial charge in [0.25, 0.3) is 6.01 Å². The van der Waals surface area contributed by atoms with Gasteiger partial charge in [-0.1, -0.05) is 29.8 Å². The number of aromatic amines is 2. The summed E-state index contributed by atoms with van der Waals surface area (Å²) in [5.41, 5.74) is 4.44. The number of benzene rings is 1. The smallest absolute Gasteiger partial charge is 0.341 e. The highest BCUT2D eigenvalue weighted by Crippen LogP contribution is 2.36. The molecule has 2 heterocycles. The van der Waals surface area contributed by atoms with Gasteiger partial charge in [-0.15, -0.1) is 0 Å². The van der Waals surface area contributed by atoms with E-state index in [0.29, 0.717) is 10.5 Å². The number of allylic oxidation sites excluding steroid dienone is 4. The molecule has 1 aliphatic carbocycles. The van der Waals surface area contributed by atoms with Crippen molar-refractivity contribution in [1.29, 1.82) is 0 Å². The average molecular weight is 371 g/mol. The fourth-order valence-electron chi connectivity index (χ4n) is 2.97. The Morgan fingerprint density at radius 2 is 2.31 bits per heavy atom. The second kappa shape index (κ2) is 6.68. The Bertz CT molecular complexity index is 1020. The zero-order valence-corrected chi connectivity index (χ0v) is 14.3. The van der Waals surface area contributed by atoms with Gasteiger partial charge in [-0.3, -0.25) is 5.10 Å². The zero-order valence-electron chi connectivity index (χ0n) is 13.6. The van der Waals surface area contributed by atoms with Crippen LogP contribution in [0, 0.1) is 0 Å². The van der Waals surface area contributed by atoms with Crippen molar-refractivity contribution in [3.63, 3.8) is 0 Å². The Morgan fingerprint density at radius 3 is 3.00 bits per heavy atom. The van der Waals surface area contributed by atoms with Crippen molar-refractivity contribution in [2.24, 2.45) is 0 Å². The van der Waals surface area contributed by atoms with Gasteiger partial charge in [-0.25, -0.2) is 4.79 Å². The summed E-state index contributed by atoms with van der Waals surface area (Å²) in [6.07, 6.45) is 8.85. The van der Waals surface area contributed by atoms with Crippen LogP contribution in [0.4, 0.5) is 0 Å². The summed E-state index contributed by atoms with van der Waals surface area (Å²) in [4.78, 5) is 17.8. The second-order valence-corrected chi connectivity index (χ2v) is 6.35. The molecule has 0 saturated heterocycles. The number of fused-ring (bicyclic) bond motifs is 1. The molecule has 3 aromatic rings. The number of aromatic nitrogens is 4. The van der Waals surface area contributed by atoms with Gasteiger partial charge in [0.1, 0.15) is 0 Å². The standard InChI is InChI=1S/C18H15ClN4O3/c19-13-8-16-15(21-18(22-16)26-9-17(24)25)7-12(13)10-1-3-11(4-2-10)14-5-6-20-23-14/h1,3-8,10H,2,9H2,(H,20,23)(H,21,22)(H,24,25). The van der Waals surface area contributed by atoms with Crippen LogP contribution >= 0.6 is 11.6 Å². The first kappa shape index (κ1) is 16.4. The molecule has 0 bridgehead atoms. The number of carboxylic acids is 1. The minimum Gasteiger partial charge on any atom is -0.479 e. The number of carbonyl (C=O) groups is 1. The molecular formula is C18H15ClN4O3. The molecule has 1 aromatic carbocycles. The van der Waals surface area contributed by atoms with Crippen LogP contribution in [0.3, 0.4) is 0 Å². The van der Waals surface area contributed by atoms with Crippen LogP contribution in [0.25, 0.3) is 16.6 Å². The number of carboxylic acid groups (broad SMARTS) is 1. The molecule has 3 N–H and O–H groups in total. The molecule has 132 valence electrons. The van der Waals surface area contributed by atoms with Crippen molar-refractivity contribution in [3.8, 4) is 6.01 Å². The van der Waals surface area contributed by atoms with Crippen LogP contribution in [-0.4, -0.2) is 37.8 Å². The molecule has 0 aliphatic heterocycles. The highest BCUT2D eigenvalue weighted by Gasteiger charge is 2.18. The number of halogens is 1. The lowest BCUT2D eigenvalue weighted by atomic mass is 9.89. The first-order valence-corrected chi connectivity index (χ1v) is 8.40. The summed E-state index contributed by atoms with van der Waals surface area (Å²) in [5, 5.41) is 16.2. The Labute approximate surface area is 153 Å². The summed E-state index contributed by atoms with van der Waals surface area (Å²) in [7, 11) is 0. The largest absolute Gasteiger partial charge is 0.479 e. The molecule has 0 fully saturated rings. The quantitative estimate of drug-likeness (QED) is 0.637. The maximum atomic E-state index is 10.6. The van der Waals surface area contributed by atoms with Gasteiger partial charge in [-0.05, 0) is 35.8 Å². The van der Waals surface area contributed by atoms with E-state index in [4.69, 9.17) is 21.4 Å². The minimum absolute atomic E-state index is 0.144. The number of nitrogens with one attached hydrogen (secondary N) is 2. The van der Waals surface area contributed by atoms with Gasteiger partial charge in [0, 0.05) is 17.1 Å². The van der Waals surface area contributed by atoms with Crippen LogP contribution in [0.1, 0.15) is 23.6 Å². The number of H-pyrrole nitrogens is 2. The topological polar surface area (TPSA) is 104 Å². The SMILES string of the molecule is O=C(O)COc1nc2cc(Cl)c(C3C=CC(c4ccn[nH]4)=CC3)cc2[nH]1. The summed E-state index contributed by atoms with van der Waals surface area (Å²) in [5.74, 6) is -0.915. The summed E-state index contributed by atoms with van der Waals surface area (Å²) in [6.45, 7) is -0.451. The van der Waals surface area contributed by atoms with Crippen LogP contribution in [0.15, 0.2) is 42.6 Å². The van der Waals surface area contributed by atoms with Crippen LogP contribution in [-0.2, 0) is 4.79 Å². The fourth-order valence-corrected chi connectivity index (χ4v) is 3.27. The van der Waals surface area contributed by atoms with Crippen molar-refractivity contribution < 1.29 is 14.6 Å². The molecular weight excluding hydrogens is 356 g/mol. The van der Waals surface area contributed by atoms with Gasteiger partial charge >= 0.3 is 5.97 Å². The molecule has 0 saturated carbocycles. The van der Waals surface area contributed by atoms with Crippen molar-refractivity contribution in [2.75, 3.05) is 6.61 Å². The summed E-state index contributed by atoms with van der Waals surface area (Å²) >= 11 is 6.45. The van der Waals surface area contributed by atoms with E-state index in [1.54, 1.807) is 12.3 Å². The van der Waals surface area contributed by atoms with E-state index < -0.39 is 12.6 Å². The van der Waals surface area contributed by atoms with E-state index in [2.05, 4.69) is 38.4 Å². The maximum absolute atomic E-state index is 10.6. The Balaban J connectivity index is 1.58. The lowest BCUT2D eigenvalue weighted by Gasteiger charge is -2.17. The van der Waals surface area contributed by atoms with E-state index >= 15 is 0 Å². The highest BCUT2D eigenvalue weighted by molar-refractivity contribution is 6.32. The number of aliphatic carboxylic acids is 1. The molecule has 4 rings (SSSR count). The van der Waals surface area contributed by atoms with Crippen molar-refractivity contribution in [2.45, 2.75) is 12.3 Å². The Morgan fingerprint density at radius 1 is 1.42 bits per heavy atom. The van der Waals surface area contributed by atoms with E-state index in [1.807, 2.05) is 12.1 Å². The van der Waals surface area contributed by atoms with Crippen molar-refractivity contribution >= 4 is 34.2 Å². The van der Waals surface area contributed by atoms with Crippen LogP contribution < -0.4 is 4.74 Å². The molecule has 0 spiro atoms. The lowest BCUT2D eigenvalue weighted by Crippen LogP contribution is -2.09. The first-order chi connectivity index (χ1) is 12.6. The molecule has 1 atom stereocenters. The van der Waals surface area contributed by atoms with Crippen LogP contribution in [0.5, 0.6) is 6.01 Å². The van der Waals surface area contributed by atoms with Gasteiger partial charge < -0.3 is 14.8 Å². The lowest BCUT2D eigenvalue weighted by molar-refractivity contribution is -0.139. The monoisotopic (exact) mass is 370 g/mol. The Kier molecular flexibility index (Phi) is 4.22. The normalized spacial score (nSPS) is 16.7. The average Bonchev–Trinajstić information content (AvgIpc) is 3.29. The molecule has 7 nitrogen and oxygen atoms in total. The number of ether oxygens (including phenoxy) is 1. The number of hydrogen-bond donors (Lipinski definition) is 3. The second-order valence-electron chi connectivity index (χ2n) is 5.95. The van der Waals surface area contributed by atoms with Crippen molar-refractivity contribution in [1.82, 2.24) is 20.2 Å². The Hall–Kier alpha value is -3.06. The van der Waals surface area contributed by atoms with Gasteiger partial charge in [0.15, 0.2) is 6.61 Å². The number of hydrogen-bond acceptors (Lipinski definition) is 4. The van der Waals surface area contributed by atoms with E-state index in [9.17, 15) is 4.79 Å². The van der Waals surface area contributed by atoms with Crippen molar-refractivity contribution in [3.05, 3.63) is 58.9 Å². The number of imidazole rings is 1. The molecule has 1 unspecified atom stereocenters. The zero-order chi connectivity index (χ0) is 18.1. The molecule has 0 amide bonds. The van der Waals surface area contributed by atoms with Gasteiger partial charge in [0.05, 0.1) is 16.7 Å². The van der Waals surface area contributed by atoms with Gasteiger partial charge in [0.2, 0.25) is 0 Å². The van der Waals surface area contributed by atoms with E-state index in [0.717, 1.165) is 28.8 Å². The molecule has 2 aromatic heterocycles. The third kappa shape index (κ3) is 3.21. The number of rotatable bonds is 5. The molecule has 26 heavy (non-hydrogen) atoms. The minimum atomic E-state index is -1.06. The molecule has 0 radical (unpaired) electrons. The van der Waals surface area contributed by atoms with E-state index in [-0.39, 0.29) is 11.9 Å².